The minimum atomic E-state index is -0.960. The highest BCUT2D eigenvalue weighted by Crippen LogP contribution is 2.31. The standard InChI is InChI=1S/C19H21N5O5/c1-28-13-5-3-2-4-12(13)20-17(26)11-10-14(25)21-16-15(11)18(27)23-19(22-16)24-6-8-29-9-7-24/h2-5,11H,6-10H2,1H3,(H,20,26)(H2,21,22,23,25,27)/t11-/m0/s1. The maximum Gasteiger partial charge on any atom is 0.258 e. The van der Waals surface area contributed by atoms with Gasteiger partial charge in [0, 0.05) is 19.5 Å². The van der Waals surface area contributed by atoms with Crippen LogP contribution in [0.5, 0.6) is 5.75 Å². The molecule has 3 N–H and O–H groups in total. The van der Waals surface area contributed by atoms with Crippen LogP contribution in [-0.4, -0.2) is 55.2 Å². The Morgan fingerprint density at radius 3 is 2.79 bits per heavy atom. The molecule has 10 heteroatoms. The van der Waals surface area contributed by atoms with Crippen LogP contribution >= 0.6 is 0 Å². The molecule has 0 radical (unpaired) electrons. The van der Waals surface area contributed by atoms with Crippen molar-refractivity contribution in [3.8, 4) is 5.75 Å². The predicted molar refractivity (Wildman–Crippen MR) is 106 cm³/mol. The molecule has 2 aromatic rings. The molecule has 0 bridgehead atoms. The van der Waals surface area contributed by atoms with E-state index in [4.69, 9.17) is 9.47 Å². The second-order valence-corrected chi connectivity index (χ2v) is 6.75. The van der Waals surface area contributed by atoms with Gasteiger partial charge in [0.25, 0.3) is 5.56 Å². The van der Waals surface area contributed by atoms with Crippen molar-refractivity contribution in [2.75, 3.05) is 48.9 Å². The summed E-state index contributed by atoms with van der Waals surface area (Å²) in [5, 5.41) is 5.37. The molecule has 2 aliphatic heterocycles. The lowest BCUT2D eigenvalue weighted by Gasteiger charge is -2.29. The highest BCUT2D eigenvalue weighted by Gasteiger charge is 2.35. The molecule has 0 saturated carbocycles. The molecule has 1 aromatic carbocycles. The maximum absolute atomic E-state index is 12.9. The Morgan fingerprint density at radius 1 is 1.28 bits per heavy atom. The first-order valence-electron chi connectivity index (χ1n) is 9.27. The van der Waals surface area contributed by atoms with Crippen LogP contribution in [0, 0.1) is 0 Å². The van der Waals surface area contributed by atoms with E-state index in [-0.39, 0.29) is 23.7 Å². The van der Waals surface area contributed by atoms with Crippen LogP contribution in [0.15, 0.2) is 29.1 Å². The van der Waals surface area contributed by atoms with Crippen LogP contribution in [0.3, 0.4) is 0 Å². The molecule has 1 fully saturated rings. The van der Waals surface area contributed by atoms with Gasteiger partial charge in [-0.05, 0) is 12.1 Å². The second-order valence-electron chi connectivity index (χ2n) is 6.75. The molecular weight excluding hydrogens is 378 g/mol. The van der Waals surface area contributed by atoms with Gasteiger partial charge in [0.15, 0.2) is 0 Å². The molecule has 4 rings (SSSR count). The third-order valence-electron chi connectivity index (χ3n) is 4.93. The first-order chi connectivity index (χ1) is 14.1. The number of benzene rings is 1. The van der Waals surface area contributed by atoms with Gasteiger partial charge in [-0.25, -0.2) is 0 Å². The van der Waals surface area contributed by atoms with Crippen LogP contribution in [0.4, 0.5) is 17.5 Å². The van der Waals surface area contributed by atoms with E-state index >= 15 is 0 Å². The van der Waals surface area contributed by atoms with Crippen molar-refractivity contribution in [2.45, 2.75) is 12.3 Å². The molecule has 2 aliphatic rings. The molecule has 1 aromatic heterocycles. The zero-order valence-electron chi connectivity index (χ0n) is 15.9. The van der Waals surface area contributed by atoms with Gasteiger partial charge >= 0.3 is 0 Å². The largest absolute Gasteiger partial charge is 0.495 e. The van der Waals surface area contributed by atoms with Crippen molar-refractivity contribution >= 4 is 29.3 Å². The minimum Gasteiger partial charge on any atom is -0.495 e. The summed E-state index contributed by atoms with van der Waals surface area (Å²) < 4.78 is 10.6. The molecular formula is C19H21N5O5. The fourth-order valence-corrected chi connectivity index (χ4v) is 3.48. The summed E-state index contributed by atoms with van der Waals surface area (Å²) in [7, 11) is 1.50. The summed E-state index contributed by atoms with van der Waals surface area (Å²) in [5.41, 5.74) is 0.160. The highest BCUT2D eigenvalue weighted by molar-refractivity contribution is 6.04. The van der Waals surface area contributed by atoms with Gasteiger partial charge < -0.3 is 25.0 Å². The SMILES string of the molecule is COc1ccccc1NC(=O)[C@H]1CC(=O)Nc2nc(N3CCOCC3)[nH]c(=O)c21. The third-order valence-corrected chi connectivity index (χ3v) is 4.93. The lowest BCUT2D eigenvalue weighted by atomic mass is 9.92. The molecule has 0 spiro atoms. The number of rotatable bonds is 4. The van der Waals surface area contributed by atoms with Crippen LogP contribution < -0.4 is 25.8 Å². The van der Waals surface area contributed by atoms with Crippen molar-refractivity contribution in [3.05, 3.63) is 40.2 Å². The number of aromatic amines is 1. The quantitative estimate of drug-likeness (QED) is 0.690. The average molecular weight is 399 g/mol. The zero-order chi connectivity index (χ0) is 20.4. The molecule has 10 nitrogen and oxygen atoms in total. The van der Waals surface area contributed by atoms with E-state index in [1.54, 1.807) is 24.3 Å². The molecule has 0 aliphatic carbocycles. The fourth-order valence-electron chi connectivity index (χ4n) is 3.48. The maximum atomic E-state index is 12.9. The smallest absolute Gasteiger partial charge is 0.258 e. The monoisotopic (exact) mass is 399 g/mol. The summed E-state index contributed by atoms with van der Waals surface area (Å²) in [6.45, 7) is 2.20. The first-order valence-corrected chi connectivity index (χ1v) is 9.27. The summed E-state index contributed by atoms with van der Waals surface area (Å²) in [6, 6.07) is 6.92. The number of hydrogen-bond donors (Lipinski definition) is 3. The molecule has 0 unspecified atom stereocenters. The number of carbonyl (C=O) groups excluding carboxylic acids is 2. The zero-order valence-corrected chi connectivity index (χ0v) is 15.9. The predicted octanol–water partition coefficient (Wildman–Crippen LogP) is 0.680. The number of nitrogens with zero attached hydrogens (tertiary/aromatic N) is 2. The number of anilines is 3. The van der Waals surface area contributed by atoms with Crippen LogP contribution in [-0.2, 0) is 14.3 Å². The van der Waals surface area contributed by atoms with Crippen molar-refractivity contribution in [1.29, 1.82) is 0 Å². The number of morpholine rings is 1. The Hall–Kier alpha value is -3.40. The van der Waals surface area contributed by atoms with Crippen molar-refractivity contribution < 1.29 is 19.1 Å². The van der Waals surface area contributed by atoms with Gasteiger partial charge in [-0.3, -0.25) is 19.4 Å². The van der Waals surface area contributed by atoms with Crippen LogP contribution in [0.25, 0.3) is 0 Å². The summed E-state index contributed by atoms with van der Waals surface area (Å²) >= 11 is 0. The molecule has 152 valence electrons. The fraction of sp³-hybridized carbons (Fsp3) is 0.368. The second kappa shape index (κ2) is 7.92. The summed E-state index contributed by atoms with van der Waals surface area (Å²) in [5.74, 6) is -0.856. The number of ether oxygens (including phenoxy) is 2. The minimum absolute atomic E-state index is 0.117. The Morgan fingerprint density at radius 2 is 2.03 bits per heavy atom. The number of aromatic nitrogens is 2. The highest BCUT2D eigenvalue weighted by atomic mass is 16.5. The Labute approximate surface area is 166 Å². The average Bonchev–Trinajstić information content (AvgIpc) is 2.73. The van der Waals surface area contributed by atoms with E-state index in [0.717, 1.165) is 0 Å². The van der Waals surface area contributed by atoms with Gasteiger partial charge in [0.1, 0.15) is 11.6 Å². The van der Waals surface area contributed by atoms with Crippen LogP contribution in [0.1, 0.15) is 17.9 Å². The van der Waals surface area contributed by atoms with Gasteiger partial charge in [-0.2, -0.15) is 4.98 Å². The van der Waals surface area contributed by atoms with Crippen molar-refractivity contribution in [1.82, 2.24) is 9.97 Å². The normalized spacial score (nSPS) is 18.6. The molecule has 3 heterocycles. The third kappa shape index (κ3) is 3.79. The number of fused-ring (bicyclic) bond motifs is 1. The molecule has 29 heavy (non-hydrogen) atoms. The van der Waals surface area contributed by atoms with Crippen LogP contribution in [0.2, 0.25) is 0 Å². The van der Waals surface area contributed by atoms with Gasteiger partial charge in [0.05, 0.1) is 37.5 Å². The Bertz CT molecular complexity index is 999. The summed E-state index contributed by atoms with van der Waals surface area (Å²) in [4.78, 5) is 47.0. The van der Waals surface area contributed by atoms with E-state index in [2.05, 4.69) is 20.6 Å². The number of para-hydroxylation sites is 2. The Balaban J connectivity index is 1.65. The van der Waals surface area contributed by atoms with Gasteiger partial charge in [-0.15, -0.1) is 0 Å². The van der Waals surface area contributed by atoms with E-state index in [9.17, 15) is 14.4 Å². The molecule has 1 saturated heterocycles. The van der Waals surface area contributed by atoms with Crippen molar-refractivity contribution in [2.24, 2.45) is 0 Å². The number of methoxy groups -OCH3 is 1. The van der Waals surface area contributed by atoms with E-state index in [0.29, 0.717) is 43.7 Å². The van der Waals surface area contributed by atoms with E-state index < -0.39 is 17.4 Å². The number of hydrogen-bond acceptors (Lipinski definition) is 7. The van der Waals surface area contributed by atoms with Gasteiger partial charge in [0.2, 0.25) is 17.8 Å². The Kier molecular flexibility index (Phi) is 5.17. The summed E-state index contributed by atoms with van der Waals surface area (Å²) in [6.07, 6.45) is -0.143. The number of H-pyrrole nitrogens is 1. The van der Waals surface area contributed by atoms with E-state index in [1.165, 1.54) is 7.11 Å². The number of nitrogens with one attached hydrogen (secondary N) is 3. The van der Waals surface area contributed by atoms with E-state index in [1.807, 2.05) is 4.90 Å². The van der Waals surface area contributed by atoms with Crippen molar-refractivity contribution in [3.63, 3.8) is 0 Å². The molecule has 1 atom stereocenters. The number of carbonyl (C=O) groups is 2. The lowest BCUT2D eigenvalue weighted by Crippen LogP contribution is -2.41. The van der Waals surface area contributed by atoms with Gasteiger partial charge in [-0.1, -0.05) is 12.1 Å². The molecule has 2 amide bonds. The lowest BCUT2D eigenvalue weighted by molar-refractivity contribution is -0.123. The number of amides is 2. The first kappa shape index (κ1) is 18.9. The topological polar surface area (TPSA) is 126 Å².